The Balaban J connectivity index is 1.28. The largest absolute Gasteiger partial charge is 0.323 e. The summed E-state index contributed by atoms with van der Waals surface area (Å²) in [5.74, 6) is 0.500. The van der Waals surface area contributed by atoms with E-state index in [9.17, 15) is 9.59 Å². The minimum absolute atomic E-state index is 0.115. The molecule has 0 spiro atoms. The van der Waals surface area contributed by atoms with Crippen LogP contribution in [0.3, 0.4) is 0 Å². The van der Waals surface area contributed by atoms with Crippen molar-refractivity contribution in [3.05, 3.63) is 84.4 Å². The van der Waals surface area contributed by atoms with Gasteiger partial charge in [0.1, 0.15) is 0 Å². The summed E-state index contributed by atoms with van der Waals surface area (Å²) in [6.45, 7) is 0.748. The number of fused-ring (bicyclic) bond motifs is 1. The van der Waals surface area contributed by atoms with Crippen LogP contribution < -0.4 is 15.5 Å². The van der Waals surface area contributed by atoms with E-state index >= 15 is 0 Å². The summed E-state index contributed by atoms with van der Waals surface area (Å²) >= 11 is 1.50. The van der Waals surface area contributed by atoms with Gasteiger partial charge in [0.2, 0.25) is 5.91 Å². The number of thioether (sulfide) groups is 1. The van der Waals surface area contributed by atoms with E-state index in [2.05, 4.69) is 16.7 Å². The van der Waals surface area contributed by atoms with Gasteiger partial charge in [0.25, 0.3) is 0 Å². The van der Waals surface area contributed by atoms with Gasteiger partial charge in [-0.05, 0) is 54.4 Å². The second-order valence-electron chi connectivity index (χ2n) is 6.68. The minimum atomic E-state index is -0.292. The Hall–Kier alpha value is -3.25. The molecule has 0 bridgehead atoms. The Labute approximate surface area is 174 Å². The van der Waals surface area contributed by atoms with Gasteiger partial charge in [0.15, 0.2) is 0 Å². The Morgan fingerprint density at radius 1 is 0.828 bits per heavy atom. The van der Waals surface area contributed by atoms with E-state index in [0.29, 0.717) is 11.4 Å². The Kier molecular flexibility index (Phi) is 5.81. The number of hydrogen-bond acceptors (Lipinski definition) is 3. The quantitative estimate of drug-likeness (QED) is 0.589. The van der Waals surface area contributed by atoms with Crippen LogP contribution >= 0.6 is 11.8 Å². The lowest BCUT2D eigenvalue weighted by Crippen LogP contribution is -2.30. The fourth-order valence-electron chi connectivity index (χ4n) is 3.27. The van der Waals surface area contributed by atoms with Crippen LogP contribution in [-0.2, 0) is 11.2 Å². The maximum Gasteiger partial charge on any atom is 0.323 e. The number of benzene rings is 3. The normalized spacial score (nSPS) is 12.3. The highest BCUT2D eigenvalue weighted by atomic mass is 32.2. The van der Waals surface area contributed by atoms with Gasteiger partial charge in [-0.1, -0.05) is 36.4 Å². The molecular weight excluding hydrogens is 382 g/mol. The van der Waals surface area contributed by atoms with E-state index in [1.54, 1.807) is 0 Å². The molecule has 0 radical (unpaired) electrons. The van der Waals surface area contributed by atoms with Crippen LogP contribution in [-0.4, -0.2) is 24.2 Å². The number of nitrogens with zero attached hydrogens (tertiary/aromatic N) is 1. The van der Waals surface area contributed by atoms with Gasteiger partial charge in [-0.15, -0.1) is 11.8 Å². The molecule has 5 nitrogen and oxygen atoms in total. The molecule has 0 saturated carbocycles. The van der Waals surface area contributed by atoms with E-state index in [4.69, 9.17) is 0 Å². The van der Waals surface area contributed by atoms with Crippen molar-refractivity contribution >= 4 is 40.8 Å². The lowest BCUT2D eigenvalue weighted by atomic mass is 10.2. The predicted octanol–water partition coefficient (Wildman–Crippen LogP) is 5.01. The van der Waals surface area contributed by atoms with Crippen molar-refractivity contribution in [2.24, 2.45) is 0 Å². The fourth-order valence-corrected chi connectivity index (χ4v) is 4.04. The van der Waals surface area contributed by atoms with Crippen LogP contribution in [0, 0.1) is 0 Å². The summed E-state index contributed by atoms with van der Waals surface area (Å²) in [5, 5.41) is 5.58. The standard InChI is InChI=1S/C23H21N3O2S/c27-22(26-15-14-17-6-4-5-9-21(17)26)16-29-20-12-10-19(11-13-20)25-23(28)24-18-7-2-1-3-8-18/h1-13H,14-16H2,(H2,24,25,28). The number of carbonyl (C=O) groups excluding carboxylic acids is 2. The summed E-state index contributed by atoms with van der Waals surface area (Å²) < 4.78 is 0. The lowest BCUT2D eigenvalue weighted by molar-refractivity contribution is -0.116. The first-order valence-corrected chi connectivity index (χ1v) is 10.4. The molecule has 1 aliphatic rings. The van der Waals surface area contributed by atoms with Crippen LogP contribution in [0.1, 0.15) is 5.56 Å². The third kappa shape index (κ3) is 4.78. The summed E-state index contributed by atoms with van der Waals surface area (Å²) in [7, 11) is 0. The molecule has 0 aliphatic carbocycles. The van der Waals surface area contributed by atoms with Gasteiger partial charge in [-0.25, -0.2) is 4.79 Å². The van der Waals surface area contributed by atoms with Gasteiger partial charge in [-0.2, -0.15) is 0 Å². The average Bonchev–Trinajstić information content (AvgIpc) is 3.18. The Bertz CT molecular complexity index is 1010. The summed E-state index contributed by atoms with van der Waals surface area (Å²) in [6.07, 6.45) is 0.915. The molecule has 3 aromatic rings. The first-order valence-electron chi connectivity index (χ1n) is 9.43. The van der Waals surface area contributed by atoms with Crippen LogP contribution in [0.5, 0.6) is 0 Å². The SMILES string of the molecule is O=C(Nc1ccccc1)Nc1ccc(SCC(=O)N2CCc3ccccc32)cc1. The molecule has 4 rings (SSSR count). The van der Waals surface area contributed by atoms with Crippen LogP contribution in [0.4, 0.5) is 21.9 Å². The van der Waals surface area contributed by atoms with E-state index in [-0.39, 0.29) is 11.9 Å². The predicted molar refractivity (Wildman–Crippen MR) is 119 cm³/mol. The van der Waals surface area contributed by atoms with E-state index in [1.807, 2.05) is 77.7 Å². The topological polar surface area (TPSA) is 61.4 Å². The molecule has 0 fully saturated rings. The molecule has 0 saturated heterocycles. The van der Waals surface area contributed by atoms with Crippen molar-refractivity contribution < 1.29 is 9.59 Å². The number of amides is 3. The number of carbonyl (C=O) groups is 2. The molecule has 0 aromatic heterocycles. The fraction of sp³-hybridized carbons (Fsp3) is 0.130. The van der Waals surface area contributed by atoms with Crippen molar-refractivity contribution in [2.75, 3.05) is 27.8 Å². The number of para-hydroxylation sites is 2. The zero-order chi connectivity index (χ0) is 20.1. The van der Waals surface area contributed by atoms with E-state index in [1.165, 1.54) is 17.3 Å². The second kappa shape index (κ2) is 8.84. The van der Waals surface area contributed by atoms with E-state index < -0.39 is 0 Å². The first-order chi connectivity index (χ1) is 14.2. The van der Waals surface area contributed by atoms with Crippen LogP contribution in [0.15, 0.2) is 83.8 Å². The molecule has 3 amide bonds. The highest BCUT2D eigenvalue weighted by Gasteiger charge is 2.23. The molecule has 1 aliphatic heterocycles. The Morgan fingerprint density at radius 3 is 2.24 bits per heavy atom. The van der Waals surface area contributed by atoms with Crippen molar-refractivity contribution in [3.8, 4) is 0 Å². The summed E-state index contributed by atoms with van der Waals surface area (Å²) in [4.78, 5) is 27.5. The molecule has 29 heavy (non-hydrogen) atoms. The number of urea groups is 1. The Morgan fingerprint density at radius 2 is 1.48 bits per heavy atom. The number of hydrogen-bond donors (Lipinski definition) is 2. The second-order valence-corrected chi connectivity index (χ2v) is 7.73. The highest BCUT2D eigenvalue weighted by Crippen LogP contribution is 2.29. The van der Waals surface area contributed by atoms with Crippen molar-refractivity contribution in [1.82, 2.24) is 0 Å². The molecule has 2 N–H and O–H groups in total. The maximum absolute atomic E-state index is 12.6. The van der Waals surface area contributed by atoms with Gasteiger partial charge >= 0.3 is 6.03 Å². The molecule has 0 atom stereocenters. The van der Waals surface area contributed by atoms with Crippen molar-refractivity contribution in [3.63, 3.8) is 0 Å². The smallest absolute Gasteiger partial charge is 0.311 e. The van der Waals surface area contributed by atoms with Gasteiger partial charge in [0.05, 0.1) is 5.75 Å². The number of nitrogens with one attached hydrogen (secondary N) is 2. The molecule has 1 heterocycles. The lowest BCUT2D eigenvalue weighted by Gasteiger charge is -2.17. The monoisotopic (exact) mass is 403 g/mol. The highest BCUT2D eigenvalue weighted by molar-refractivity contribution is 8.00. The third-order valence-electron chi connectivity index (χ3n) is 4.69. The number of anilines is 3. The van der Waals surface area contributed by atoms with Gasteiger partial charge in [-0.3, -0.25) is 4.79 Å². The van der Waals surface area contributed by atoms with Crippen molar-refractivity contribution in [1.29, 1.82) is 0 Å². The molecule has 146 valence electrons. The van der Waals surface area contributed by atoms with Crippen LogP contribution in [0.2, 0.25) is 0 Å². The van der Waals surface area contributed by atoms with Gasteiger partial charge in [0, 0.05) is 28.5 Å². The maximum atomic E-state index is 12.6. The average molecular weight is 404 g/mol. The van der Waals surface area contributed by atoms with Crippen molar-refractivity contribution in [2.45, 2.75) is 11.3 Å². The third-order valence-corrected chi connectivity index (χ3v) is 5.69. The zero-order valence-corrected chi connectivity index (χ0v) is 16.6. The molecular formula is C23H21N3O2S. The zero-order valence-electron chi connectivity index (χ0n) is 15.8. The minimum Gasteiger partial charge on any atom is -0.311 e. The first kappa shape index (κ1) is 19.1. The van der Waals surface area contributed by atoms with E-state index in [0.717, 1.165) is 29.2 Å². The number of rotatable bonds is 5. The summed E-state index contributed by atoms with van der Waals surface area (Å²) in [6, 6.07) is 24.5. The molecule has 3 aromatic carbocycles. The van der Waals surface area contributed by atoms with Gasteiger partial charge < -0.3 is 15.5 Å². The summed E-state index contributed by atoms with van der Waals surface area (Å²) in [5.41, 5.74) is 3.69. The van der Waals surface area contributed by atoms with Crippen LogP contribution in [0.25, 0.3) is 0 Å². The molecule has 6 heteroatoms. The molecule has 0 unspecified atom stereocenters.